The molecule has 0 aromatic heterocycles. The number of ether oxygens (including phenoxy) is 1. The fraction of sp³-hybridized carbons (Fsp3) is 0.438. The number of rotatable bonds is 10. The highest BCUT2D eigenvalue weighted by Crippen LogP contribution is 2.39. The zero-order valence-corrected chi connectivity index (χ0v) is 21.8. The van der Waals surface area contributed by atoms with Gasteiger partial charge in [-0.1, -0.05) is 55.8 Å². The van der Waals surface area contributed by atoms with Crippen LogP contribution in [-0.4, -0.2) is 11.7 Å². The number of aryl methyl sites for hydroxylation is 1. The summed E-state index contributed by atoms with van der Waals surface area (Å²) in [4.78, 5) is 0. The summed E-state index contributed by atoms with van der Waals surface area (Å²) >= 11 is 0. The molecule has 4 rings (SSSR count). The van der Waals surface area contributed by atoms with Crippen molar-refractivity contribution in [2.75, 3.05) is 6.61 Å². The first-order valence-corrected chi connectivity index (χ1v) is 13.6. The molecule has 0 aliphatic heterocycles. The van der Waals surface area contributed by atoms with Crippen LogP contribution in [0.4, 0.5) is 13.2 Å². The molecular formula is C32H37F3O2. The number of aliphatic hydroxyl groups excluding tert-OH is 1. The standard InChI is InChI=1S/C32H37F3O2/c1-3-5-29(36)24-14-12-23(13-15-24)27-18-16-25(31(34)32(27)35)11-8-21-6-9-22(10-7-21)26-17-19-30(37-4-2)28(33)20-26/h12-22,29,36H,3-11H2,1-2H3. The van der Waals surface area contributed by atoms with E-state index in [9.17, 15) is 18.3 Å². The molecule has 2 nitrogen and oxygen atoms in total. The predicted molar refractivity (Wildman–Crippen MR) is 142 cm³/mol. The molecule has 0 saturated heterocycles. The van der Waals surface area contributed by atoms with Crippen LogP contribution < -0.4 is 4.74 Å². The minimum Gasteiger partial charge on any atom is -0.491 e. The summed E-state index contributed by atoms with van der Waals surface area (Å²) in [6.07, 6.45) is 6.24. The monoisotopic (exact) mass is 510 g/mol. The summed E-state index contributed by atoms with van der Waals surface area (Å²) in [5, 5.41) is 10.1. The average Bonchev–Trinajstić information content (AvgIpc) is 2.91. The second-order valence-electron chi connectivity index (χ2n) is 10.2. The molecule has 1 saturated carbocycles. The van der Waals surface area contributed by atoms with Crippen molar-refractivity contribution in [2.24, 2.45) is 5.92 Å². The number of halogens is 3. The quantitative estimate of drug-likeness (QED) is 0.295. The molecular weight excluding hydrogens is 473 g/mol. The van der Waals surface area contributed by atoms with Gasteiger partial charge in [0, 0.05) is 5.56 Å². The van der Waals surface area contributed by atoms with Gasteiger partial charge in [-0.2, -0.15) is 0 Å². The lowest BCUT2D eigenvalue weighted by Gasteiger charge is -2.29. The van der Waals surface area contributed by atoms with Gasteiger partial charge in [-0.05, 0) is 98.1 Å². The van der Waals surface area contributed by atoms with E-state index in [1.165, 1.54) is 0 Å². The average molecular weight is 511 g/mol. The lowest BCUT2D eigenvalue weighted by atomic mass is 9.77. The summed E-state index contributed by atoms with van der Waals surface area (Å²) in [5.41, 5.74) is 3.04. The van der Waals surface area contributed by atoms with Gasteiger partial charge >= 0.3 is 0 Å². The Morgan fingerprint density at radius 1 is 0.892 bits per heavy atom. The highest BCUT2D eigenvalue weighted by Gasteiger charge is 2.24. The fourth-order valence-corrected chi connectivity index (χ4v) is 5.52. The summed E-state index contributed by atoms with van der Waals surface area (Å²) < 4.78 is 49.5. The van der Waals surface area contributed by atoms with E-state index in [0.29, 0.717) is 48.2 Å². The molecule has 1 unspecified atom stereocenters. The zero-order chi connectivity index (χ0) is 26.4. The van der Waals surface area contributed by atoms with Gasteiger partial charge < -0.3 is 9.84 Å². The van der Waals surface area contributed by atoms with Crippen LogP contribution in [0.15, 0.2) is 54.6 Å². The third-order valence-electron chi connectivity index (χ3n) is 7.73. The van der Waals surface area contributed by atoms with E-state index >= 15 is 0 Å². The van der Waals surface area contributed by atoms with Crippen molar-refractivity contribution >= 4 is 0 Å². The van der Waals surface area contributed by atoms with Gasteiger partial charge in [-0.3, -0.25) is 0 Å². The highest BCUT2D eigenvalue weighted by atomic mass is 19.2. The Kier molecular flexibility index (Phi) is 9.31. The molecule has 5 heteroatoms. The molecule has 198 valence electrons. The summed E-state index contributed by atoms with van der Waals surface area (Å²) in [5.74, 6) is -0.834. The Bertz CT molecular complexity index is 1170. The van der Waals surface area contributed by atoms with E-state index in [1.54, 1.807) is 48.5 Å². The van der Waals surface area contributed by atoms with E-state index in [0.717, 1.165) is 49.7 Å². The van der Waals surface area contributed by atoms with E-state index in [2.05, 4.69) is 0 Å². The summed E-state index contributed by atoms with van der Waals surface area (Å²) in [6, 6.07) is 15.6. The second kappa shape index (κ2) is 12.6. The van der Waals surface area contributed by atoms with Gasteiger partial charge in [0.15, 0.2) is 23.2 Å². The Balaban J connectivity index is 1.33. The van der Waals surface area contributed by atoms with E-state index in [1.807, 2.05) is 19.9 Å². The molecule has 1 atom stereocenters. The predicted octanol–water partition coefficient (Wildman–Crippen LogP) is 8.91. The third kappa shape index (κ3) is 6.56. The first-order chi connectivity index (χ1) is 17.9. The number of hydrogen-bond acceptors (Lipinski definition) is 2. The Morgan fingerprint density at radius 3 is 2.27 bits per heavy atom. The zero-order valence-electron chi connectivity index (χ0n) is 21.8. The smallest absolute Gasteiger partial charge is 0.166 e. The molecule has 3 aromatic rings. The van der Waals surface area contributed by atoms with E-state index in [-0.39, 0.29) is 11.4 Å². The Labute approximate surface area is 218 Å². The number of aliphatic hydroxyl groups is 1. The van der Waals surface area contributed by atoms with Crippen LogP contribution in [0.2, 0.25) is 0 Å². The van der Waals surface area contributed by atoms with Crippen LogP contribution >= 0.6 is 0 Å². The van der Waals surface area contributed by atoms with E-state index in [4.69, 9.17) is 4.74 Å². The molecule has 1 fully saturated rings. The minimum atomic E-state index is -0.819. The molecule has 1 aliphatic carbocycles. The van der Waals surface area contributed by atoms with Crippen LogP contribution in [0.3, 0.4) is 0 Å². The van der Waals surface area contributed by atoms with Crippen molar-refractivity contribution in [3.8, 4) is 16.9 Å². The molecule has 0 bridgehead atoms. The number of hydrogen-bond donors (Lipinski definition) is 1. The maximum atomic E-state index is 15.0. The van der Waals surface area contributed by atoms with Gasteiger partial charge in [0.2, 0.25) is 0 Å². The highest BCUT2D eigenvalue weighted by molar-refractivity contribution is 5.65. The molecule has 0 heterocycles. The Hall–Kier alpha value is -2.79. The van der Waals surface area contributed by atoms with Crippen LogP contribution in [0.25, 0.3) is 11.1 Å². The maximum absolute atomic E-state index is 15.0. The molecule has 0 amide bonds. The first-order valence-electron chi connectivity index (χ1n) is 13.6. The van der Waals surface area contributed by atoms with Crippen LogP contribution in [0.1, 0.15) is 87.5 Å². The van der Waals surface area contributed by atoms with Crippen molar-refractivity contribution in [1.82, 2.24) is 0 Å². The normalized spacial score (nSPS) is 18.5. The molecule has 0 radical (unpaired) electrons. The molecule has 0 spiro atoms. The first kappa shape index (κ1) is 27.3. The van der Waals surface area contributed by atoms with Crippen LogP contribution in [0, 0.1) is 23.4 Å². The molecule has 1 aliphatic rings. The number of benzene rings is 3. The third-order valence-corrected chi connectivity index (χ3v) is 7.73. The van der Waals surface area contributed by atoms with Crippen molar-refractivity contribution in [3.63, 3.8) is 0 Å². The second-order valence-corrected chi connectivity index (χ2v) is 10.2. The lowest BCUT2D eigenvalue weighted by Crippen LogP contribution is -2.14. The Morgan fingerprint density at radius 2 is 1.62 bits per heavy atom. The van der Waals surface area contributed by atoms with Gasteiger partial charge in [0.05, 0.1) is 12.7 Å². The van der Waals surface area contributed by atoms with Gasteiger partial charge in [-0.25, -0.2) is 13.2 Å². The lowest BCUT2D eigenvalue weighted by molar-refractivity contribution is 0.166. The van der Waals surface area contributed by atoms with Gasteiger partial charge in [0.1, 0.15) is 0 Å². The SMILES string of the molecule is CCCC(O)c1ccc(-c2ccc(CCC3CCC(c4ccc(OCC)c(F)c4)CC3)c(F)c2F)cc1. The van der Waals surface area contributed by atoms with Crippen molar-refractivity contribution in [1.29, 1.82) is 0 Å². The molecule has 1 N–H and O–H groups in total. The van der Waals surface area contributed by atoms with Crippen LogP contribution in [0.5, 0.6) is 5.75 Å². The molecule has 37 heavy (non-hydrogen) atoms. The summed E-state index contributed by atoms with van der Waals surface area (Å²) in [7, 11) is 0. The van der Waals surface area contributed by atoms with Crippen molar-refractivity contribution in [2.45, 2.75) is 77.2 Å². The van der Waals surface area contributed by atoms with E-state index < -0.39 is 17.7 Å². The molecule has 3 aromatic carbocycles. The van der Waals surface area contributed by atoms with Crippen LogP contribution in [-0.2, 0) is 6.42 Å². The van der Waals surface area contributed by atoms with Crippen molar-refractivity contribution in [3.05, 3.63) is 88.7 Å². The topological polar surface area (TPSA) is 29.5 Å². The fourth-order valence-electron chi connectivity index (χ4n) is 5.52. The largest absolute Gasteiger partial charge is 0.491 e. The van der Waals surface area contributed by atoms with Gasteiger partial charge in [0.25, 0.3) is 0 Å². The minimum absolute atomic E-state index is 0.237. The summed E-state index contributed by atoms with van der Waals surface area (Å²) in [6.45, 7) is 4.28. The maximum Gasteiger partial charge on any atom is 0.166 e. The van der Waals surface area contributed by atoms with Crippen molar-refractivity contribution < 1.29 is 23.0 Å². The van der Waals surface area contributed by atoms with Gasteiger partial charge in [-0.15, -0.1) is 0 Å².